The quantitative estimate of drug-likeness (QED) is 0.195. The van der Waals surface area contributed by atoms with Gasteiger partial charge in [-0.05, 0) is 60.2 Å². The number of ketones is 1. The van der Waals surface area contributed by atoms with Crippen LogP contribution in [-0.2, 0) is 0 Å². The van der Waals surface area contributed by atoms with Gasteiger partial charge in [-0.15, -0.1) is 0 Å². The largest absolute Gasteiger partial charge is 0.497 e. The van der Waals surface area contributed by atoms with E-state index in [0.717, 1.165) is 0 Å². The number of rotatable bonds is 8. The van der Waals surface area contributed by atoms with Crippen LogP contribution in [0.1, 0.15) is 26.3 Å². The molecule has 0 fully saturated rings. The summed E-state index contributed by atoms with van der Waals surface area (Å²) in [5, 5.41) is 0.525. The van der Waals surface area contributed by atoms with E-state index in [1.54, 1.807) is 73.8 Å². The molecule has 32 heavy (non-hydrogen) atoms. The third kappa shape index (κ3) is 5.47. The van der Waals surface area contributed by atoms with Crippen LogP contribution in [0, 0.1) is 0 Å². The average molecular weight is 453 g/mol. The van der Waals surface area contributed by atoms with E-state index in [-0.39, 0.29) is 11.5 Å². The highest BCUT2D eigenvalue weighted by Crippen LogP contribution is 2.30. The number of carbonyl (C=O) groups excluding carboxylic acids is 2. The molecule has 3 aromatic rings. The topological polar surface area (TPSA) is 71.1 Å². The standard InChI is InChI=1S/C25H21ClO6/c1-29-19-10-11-20(23(15-19)30-2)21(27)12-4-16-5-13-22(24(14-16)31-3)32-25(28)17-6-8-18(26)9-7-17/h4-15H,1-3H3. The average Bonchev–Trinajstić information content (AvgIpc) is 2.82. The fraction of sp³-hybridized carbons (Fsp3) is 0.120. The normalized spacial score (nSPS) is 10.6. The molecule has 0 bridgehead atoms. The Balaban J connectivity index is 1.77. The Bertz CT molecular complexity index is 1150. The van der Waals surface area contributed by atoms with E-state index in [1.165, 1.54) is 20.3 Å². The monoisotopic (exact) mass is 452 g/mol. The van der Waals surface area contributed by atoms with Crippen molar-refractivity contribution in [1.82, 2.24) is 0 Å². The molecule has 0 saturated heterocycles. The van der Waals surface area contributed by atoms with Crippen LogP contribution in [0.4, 0.5) is 0 Å². The van der Waals surface area contributed by atoms with Gasteiger partial charge in [-0.2, -0.15) is 0 Å². The Morgan fingerprint density at radius 2 is 1.50 bits per heavy atom. The zero-order chi connectivity index (χ0) is 23.1. The third-order valence-corrected chi connectivity index (χ3v) is 4.82. The van der Waals surface area contributed by atoms with Gasteiger partial charge in [0.1, 0.15) is 11.5 Å². The van der Waals surface area contributed by atoms with Crippen molar-refractivity contribution in [3.63, 3.8) is 0 Å². The molecule has 3 rings (SSSR count). The Kier molecular flexibility index (Phi) is 7.52. The van der Waals surface area contributed by atoms with Gasteiger partial charge in [0.2, 0.25) is 0 Å². The molecule has 0 aliphatic heterocycles. The molecule has 0 radical (unpaired) electrons. The van der Waals surface area contributed by atoms with Crippen molar-refractivity contribution in [2.75, 3.05) is 21.3 Å². The second-order valence-electron chi connectivity index (χ2n) is 6.57. The molecule has 3 aromatic carbocycles. The second-order valence-corrected chi connectivity index (χ2v) is 7.01. The number of ether oxygens (including phenoxy) is 4. The first-order valence-electron chi connectivity index (χ1n) is 9.55. The maximum Gasteiger partial charge on any atom is 0.343 e. The van der Waals surface area contributed by atoms with Crippen LogP contribution >= 0.6 is 11.6 Å². The lowest BCUT2D eigenvalue weighted by Gasteiger charge is -2.10. The van der Waals surface area contributed by atoms with Gasteiger partial charge in [0, 0.05) is 11.1 Å². The molecule has 0 unspecified atom stereocenters. The van der Waals surface area contributed by atoms with Gasteiger partial charge >= 0.3 is 5.97 Å². The first-order chi connectivity index (χ1) is 15.4. The van der Waals surface area contributed by atoms with E-state index in [9.17, 15) is 9.59 Å². The highest BCUT2D eigenvalue weighted by molar-refractivity contribution is 6.30. The number of halogens is 1. The summed E-state index contributed by atoms with van der Waals surface area (Å²) in [5.41, 5.74) is 1.46. The van der Waals surface area contributed by atoms with Crippen LogP contribution in [0.3, 0.4) is 0 Å². The molecular formula is C25H21ClO6. The summed E-state index contributed by atoms with van der Waals surface area (Å²) in [7, 11) is 4.50. The maximum absolute atomic E-state index is 12.6. The zero-order valence-corrected chi connectivity index (χ0v) is 18.5. The Morgan fingerprint density at radius 1 is 0.781 bits per heavy atom. The molecule has 0 spiro atoms. The van der Waals surface area contributed by atoms with Crippen LogP contribution in [0.2, 0.25) is 5.02 Å². The van der Waals surface area contributed by atoms with Crippen LogP contribution in [-0.4, -0.2) is 33.1 Å². The number of benzene rings is 3. The number of hydrogen-bond donors (Lipinski definition) is 0. The molecule has 0 aliphatic rings. The van der Waals surface area contributed by atoms with Gasteiger partial charge in [0.25, 0.3) is 0 Å². The van der Waals surface area contributed by atoms with Crippen molar-refractivity contribution in [2.24, 2.45) is 0 Å². The van der Waals surface area contributed by atoms with E-state index in [1.807, 2.05) is 0 Å². The van der Waals surface area contributed by atoms with Gasteiger partial charge in [-0.1, -0.05) is 23.7 Å². The Labute approximate surface area is 190 Å². The zero-order valence-electron chi connectivity index (χ0n) is 17.8. The van der Waals surface area contributed by atoms with E-state index < -0.39 is 5.97 Å². The maximum atomic E-state index is 12.6. The van der Waals surface area contributed by atoms with Crippen LogP contribution < -0.4 is 18.9 Å². The summed E-state index contributed by atoms with van der Waals surface area (Å²) >= 11 is 5.85. The molecule has 0 heterocycles. The minimum Gasteiger partial charge on any atom is -0.497 e. The van der Waals surface area contributed by atoms with E-state index in [2.05, 4.69) is 0 Å². The molecular weight excluding hydrogens is 432 g/mol. The second kappa shape index (κ2) is 10.5. The van der Waals surface area contributed by atoms with Crippen molar-refractivity contribution in [3.8, 4) is 23.0 Å². The van der Waals surface area contributed by atoms with E-state index in [4.69, 9.17) is 30.5 Å². The lowest BCUT2D eigenvalue weighted by molar-refractivity contribution is 0.0729. The molecule has 164 valence electrons. The molecule has 0 atom stereocenters. The van der Waals surface area contributed by atoms with Gasteiger partial charge in [0.15, 0.2) is 17.3 Å². The van der Waals surface area contributed by atoms with Gasteiger partial charge in [0.05, 0.1) is 32.5 Å². The van der Waals surface area contributed by atoms with Crippen molar-refractivity contribution in [3.05, 3.63) is 88.5 Å². The molecule has 0 aromatic heterocycles. The lowest BCUT2D eigenvalue weighted by Crippen LogP contribution is -2.09. The molecule has 6 nitrogen and oxygen atoms in total. The summed E-state index contributed by atoms with van der Waals surface area (Å²) in [4.78, 5) is 25.0. The van der Waals surface area contributed by atoms with Crippen LogP contribution in [0.15, 0.2) is 66.7 Å². The van der Waals surface area contributed by atoms with Crippen molar-refractivity contribution in [1.29, 1.82) is 0 Å². The van der Waals surface area contributed by atoms with Gasteiger partial charge < -0.3 is 18.9 Å². The smallest absolute Gasteiger partial charge is 0.343 e. The summed E-state index contributed by atoms with van der Waals surface area (Å²) in [6.07, 6.45) is 3.07. The molecule has 0 saturated carbocycles. The molecule has 0 amide bonds. The summed E-state index contributed by atoms with van der Waals surface area (Å²) in [6, 6.07) is 16.3. The molecule has 7 heteroatoms. The highest BCUT2D eigenvalue weighted by Gasteiger charge is 2.14. The predicted molar refractivity (Wildman–Crippen MR) is 122 cm³/mol. The number of carbonyl (C=O) groups is 2. The fourth-order valence-electron chi connectivity index (χ4n) is 2.88. The number of hydrogen-bond acceptors (Lipinski definition) is 6. The predicted octanol–water partition coefficient (Wildman–Crippen LogP) is 5.48. The first kappa shape index (κ1) is 22.9. The van der Waals surface area contributed by atoms with Gasteiger partial charge in [-0.3, -0.25) is 4.79 Å². The minimum atomic E-state index is -0.537. The first-order valence-corrected chi connectivity index (χ1v) is 9.93. The summed E-state index contributed by atoms with van der Waals surface area (Å²) in [6.45, 7) is 0. The van der Waals surface area contributed by atoms with Crippen molar-refractivity contribution in [2.45, 2.75) is 0 Å². The van der Waals surface area contributed by atoms with Crippen molar-refractivity contribution < 1.29 is 28.5 Å². The highest BCUT2D eigenvalue weighted by atomic mass is 35.5. The minimum absolute atomic E-state index is 0.235. The number of allylic oxidation sites excluding steroid dienone is 1. The molecule has 0 aliphatic carbocycles. The molecule has 0 N–H and O–H groups in total. The number of esters is 1. The van der Waals surface area contributed by atoms with Crippen LogP contribution in [0.25, 0.3) is 6.08 Å². The SMILES string of the molecule is COc1ccc(C(=O)C=Cc2ccc(OC(=O)c3ccc(Cl)cc3)c(OC)c2)c(OC)c1. The lowest BCUT2D eigenvalue weighted by atomic mass is 10.1. The van der Waals surface area contributed by atoms with Crippen molar-refractivity contribution >= 4 is 29.4 Å². The Morgan fingerprint density at radius 3 is 2.16 bits per heavy atom. The van der Waals surface area contributed by atoms with E-state index >= 15 is 0 Å². The summed E-state index contributed by atoms with van der Waals surface area (Å²) in [5.74, 6) is 0.848. The summed E-state index contributed by atoms with van der Waals surface area (Å²) < 4.78 is 21.2. The third-order valence-electron chi connectivity index (χ3n) is 4.57. The Hall–Kier alpha value is -3.77. The van der Waals surface area contributed by atoms with E-state index in [0.29, 0.717) is 39.0 Å². The van der Waals surface area contributed by atoms with Crippen LogP contribution in [0.5, 0.6) is 23.0 Å². The fourth-order valence-corrected chi connectivity index (χ4v) is 3.01. The van der Waals surface area contributed by atoms with Gasteiger partial charge in [-0.25, -0.2) is 4.79 Å². The number of methoxy groups -OCH3 is 3.